The number of benzene rings is 1. The highest BCUT2D eigenvalue weighted by atomic mass is 127. The van der Waals surface area contributed by atoms with Gasteiger partial charge in [0.25, 0.3) is 0 Å². The number of ether oxygens (including phenoxy) is 1. The van der Waals surface area contributed by atoms with Gasteiger partial charge >= 0.3 is 0 Å². The van der Waals surface area contributed by atoms with Gasteiger partial charge in [0.1, 0.15) is 17.6 Å². The van der Waals surface area contributed by atoms with Gasteiger partial charge in [-0.1, -0.05) is 19.1 Å². The molecule has 0 radical (unpaired) electrons. The van der Waals surface area contributed by atoms with Crippen LogP contribution in [0.1, 0.15) is 24.7 Å². The first-order valence-electron chi connectivity index (χ1n) is 7.91. The number of nitrogens with zero attached hydrogens (tertiary/aromatic N) is 1. The molecular weight excluding hydrogens is 417 g/mol. The Morgan fingerprint density at radius 2 is 2.08 bits per heavy atom. The van der Waals surface area contributed by atoms with Crippen LogP contribution < -0.4 is 15.4 Å². The summed E-state index contributed by atoms with van der Waals surface area (Å²) in [5.74, 6) is 2.50. The van der Waals surface area contributed by atoms with Crippen molar-refractivity contribution in [3.05, 3.63) is 54.0 Å². The zero-order chi connectivity index (χ0) is 16.5. The molecule has 0 aliphatic heterocycles. The van der Waals surface area contributed by atoms with Crippen LogP contribution in [-0.2, 0) is 6.54 Å². The first-order chi connectivity index (χ1) is 11.2. The first-order valence-corrected chi connectivity index (χ1v) is 7.91. The summed E-state index contributed by atoms with van der Waals surface area (Å²) in [4.78, 5) is 4.21. The van der Waals surface area contributed by atoms with Crippen molar-refractivity contribution in [3.8, 4) is 5.75 Å². The van der Waals surface area contributed by atoms with E-state index in [0.717, 1.165) is 23.9 Å². The molecule has 24 heavy (non-hydrogen) atoms. The predicted molar refractivity (Wildman–Crippen MR) is 108 cm³/mol. The second kappa shape index (κ2) is 11.0. The Kier molecular flexibility index (Phi) is 9.29. The fraction of sp³-hybridized carbons (Fsp3) is 0.389. The molecule has 5 nitrogen and oxygen atoms in total. The molecule has 1 aromatic heterocycles. The Hall–Kier alpha value is -1.70. The van der Waals surface area contributed by atoms with Gasteiger partial charge in [0.15, 0.2) is 5.96 Å². The summed E-state index contributed by atoms with van der Waals surface area (Å²) < 4.78 is 11.3. The van der Waals surface area contributed by atoms with Crippen molar-refractivity contribution < 1.29 is 9.15 Å². The van der Waals surface area contributed by atoms with E-state index in [1.165, 1.54) is 5.56 Å². The molecule has 0 amide bonds. The van der Waals surface area contributed by atoms with Gasteiger partial charge in [-0.25, -0.2) is 0 Å². The summed E-state index contributed by atoms with van der Waals surface area (Å²) >= 11 is 0. The molecule has 0 aliphatic carbocycles. The van der Waals surface area contributed by atoms with E-state index in [-0.39, 0.29) is 30.1 Å². The third-order valence-electron chi connectivity index (χ3n) is 3.48. The molecule has 0 aliphatic rings. The number of furan rings is 1. The molecule has 0 bridgehead atoms. The number of aliphatic imine (C=N–C) groups is 1. The third kappa shape index (κ3) is 6.82. The predicted octanol–water partition coefficient (Wildman–Crippen LogP) is 3.73. The van der Waals surface area contributed by atoms with E-state index >= 15 is 0 Å². The van der Waals surface area contributed by atoms with E-state index < -0.39 is 0 Å². The quantitative estimate of drug-likeness (QED) is 0.389. The fourth-order valence-electron chi connectivity index (χ4n) is 2.17. The number of aryl methyl sites for hydroxylation is 1. The number of nitrogens with one attached hydrogen (secondary N) is 2. The van der Waals surface area contributed by atoms with Crippen molar-refractivity contribution in [1.82, 2.24) is 10.6 Å². The number of hydrogen-bond donors (Lipinski definition) is 2. The second-order valence-electron chi connectivity index (χ2n) is 5.35. The van der Waals surface area contributed by atoms with E-state index in [0.29, 0.717) is 13.1 Å². The third-order valence-corrected chi connectivity index (χ3v) is 3.48. The van der Waals surface area contributed by atoms with E-state index in [9.17, 15) is 0 Å². The fourth-order valence-corrected chi connectivity index (χ4v) is 2.17. The highest BCUT2D eigenvalue weighted by Gasteiger charge is 2.09. The lowest BCUT2D eigenvalue weighted by Crippen LogP contribution is -2.42. The molecule has 1 atom stereocenters. The Balaban J connectivity index is 0.00000288. The van der Waals surface area contributed by atoms with Gasteiger partial charge in [0.2, 0.25) is 0 Å². The van der Waals surface area contributed by atoms with E-state index in [2.05, 4.69) is 35.5 Å². The van der Waals surface area contributed by atoms with Crippen LogP contribution in [0.5, 0.6) is 5.75 Å². The van der Waals surface area contributed by atoms with Crippen LogP contribution >= 0.6 is 24.0 Å². The summed E-state index contributed by atoms with van der Waals surface area (Å²) in [7, 11) is 1.75. The van der Waals surface area contributed by atoms with Gasteiger partial charge in [-0.15, -0.1) is 24.0 Å². The largest absolute Gasteiger partial charge is 0.489 e. The lowest BCUT2D eigenvalue weighted by atomic mass is 10.2. The molecule has 0 spiro atoms. The number of rotatable bonds is 7. The summed E-state index contributed by atoms with van der Waals surface area (Å²) in [5, 5.41) is 6.50. The highest BCUT2D eigenvalue weighted by molar-refractivity contribution is 14.0. The van der Waals surface area contributed by atoms with Crippen LogP contribution in [0.4, 0.5) is 0 Å². The Morgan fingerprint density at radius 1 is 1.25 bits per heavy atom. The summed E-state index contributed by atoms with van der Waals surface area (Å²) in [6.07, 6.45) is 2.66. The van der Waals surface area contributed by atoms with E-state index in [4.69, 9.17) is 9.15 Å². The molecule has 132 valence electrons. The number of hydrogen-bond acceptors (Lipinski definition) is 3. The van der Waals surface area contributed by atoms with Gasteiger partial charge < -0.3 is 19.8 Å². The Labute approximate surface area is 160 Å². The smallest absolute Gasteiger partial charge is 0.191 e. The molecular formula is C18H26IN3O2. The SMILES string of the molecule is CCC(CNC(=NC)NCc1ccco1)Oc1cccc(C)c1.I. The highest BCUT2D eigenvalue weighted by Crippen LogP contribution is 2.15. The van der Waals surface area contributed by atoms with Gasteiger partial charge in [0.05, 0.1) is 19.4 Å². The van der Waals surface area contributed by atoms with Crippen LogP contribution in [0.25, 0.3) is 0 Å². The van der Waals surface area contributed by atoms with Crippen molar-refractivity contribution in [3.63, 3.8) is 0 Å². The molecule has 0 saturated heterocycles. The van der Waals surface area contributed by atoms with Crippen LogP contribution in [0.3, 0.4) is 0 Å². The topological polar surface area (TPSA) is 58.8 Å². The molecule has 1 heterocycles. The van der Waals surface area contributed by atoms with E-state index in [1.54, 1.807) is 13.3 Å². The normalized spacial score (nSPS) is 12.2. The maximum absolute atomic E-state index is 6.03. The molecule has 1 aromatic carbocycles. The van der Waals surface area contributed by atoms with Crippen LogP contribution in [0.2, 0.25) is 0 Å². The molecule has 2 aromatic rings. The minimum absolute atomic E-state index is 0. The molecule has 6 heteroatoms. The maximum Gasteiger partial charge on any atom is 0.191 e. The van der Waals surface area contributed by atoms with Gasteiger partial charge in [0, 0.05) is 7.05 Å². The molecule has 2 N–H and O–H groups in total. The molecule has 1 unspecified atom stereocenters. The average molecular weight is 443 g/mol. The van der Waals surface area contributed by atoms with Crippen LogP contribution in [0, 0.1) is 6.92 Å². The summed E-state index contributed by atoms with van der Waals surface area (Å²) in [6.45, 7) is 5.46. The van der Waals surface area contributed by atoms with Gasteiger partial charge in [-0.3, -0.25) is 4.99 Å². The first kappa shape index (κ1) is 20.3. The summed E-state index contributed by atoms with van der Waals surface area (Å²) in [6, 6.07) is 11.9. The molecule has 2 rings (SSSR count). The van der Waals surface area contributed by atoms with Crippen LogP contribution in [-0.4, -0.2) is 25.7 Å². The van der Waals surface area contributed by atoms with Crippen molar-refractivity contribution in [2.45, 2.75) is 32.9 Å². The Morgan fingerprint density at radius 3 is 2.71 bits per heavy atom. The van der Waals surface area contributed by atoms with Gasteiger partial charge in [-0.05, 0) is 43.2 Å². The number of guanidine groups is 1. The van der Waals surface area contributed by atoms with E-state index in [1.807, 2.05) is 30.3 Å². The molecule has 0 fully saturated rings. The average Bonchev–Trinajstić information content (AvgIpc) is 3.07. The van der Waals surface area contributed by atoms with Crippen LogP contribution in [0.15, 0.2) is 52.1 Å². The van der Waals surface area contributed by atoms with Gasteiger partial charge in [-0.2, -0.15) is 0 Å². The zero-order valence-electron chi connectivity index (χ0n) is 14.4. The van der Waals surface area contributed by atoms with Crippen molar-refractivity contribution >= 4 is 29.9 Å². The number of halogens is 1. The minimum Gasteiger partial charge on any atom is -0.489 e. The Bertz CT molecular complexity index is 614. The summed E-state index contributed by atoms with van der Waals surface area (Å²) in [5.41, 5.74) is 1.20. The standard InChI is InChI=1S/C18H25N3O2.HI/c1-4-15(23-16-8-5-7-14(2)11-16)12-20-18(19-3)21-13-17-9-6-10-22-17;/h5-11,15H,4,12-13H2,1-3H3,(H2,19,20,21);1H. The van der Waals surface area contributed by atoms with Crippen molar-refractivity contribution in [1.29, 1.82) is 0 Å². The maximum atomic E-state index is 6.03. The second-order valence-corrected chi connectivity index (χ2v) is 5.35. The van der Waals surface area contributed by atoms with Crippen molar-refractivity contribution in [2.24, 2.45) is 4.99 Å². The minimum atomic E-state index is 0. The molecule has 0 saturated carbocycles. The zero-order valence-corrected chi connectivity index (χ0v) is 16.7. The lowest BCUT2D eigenvalue weighted by Gasteiger charge is -2.20. The monoisotopic (exact) mass is 443 g/mol. The van der Waals surface area contributed by atoms with Crippen molar-refractivity contribution in [2.75, 3.05) is 13.6 Å². The lowest BCUT2D eigenvalue weighted by molar-refractivity contribution is 0.199.